The maximum atomic E-state index is 12.7. The first-order chi connectivity index (χ1) is 13.0. The van der Waals surface area contributed by atoms with Gasteiger partial charge in [-0.1, -0.05) is 48.5 Å². The largest absolute Gasteiger partial charge is 0.370 e. The molecule has 2 aliphatic carbocycles. The van der Waals surface area contributed by atoms with E-state index in [-0.39, 0.29) is 5.41 Å². The van der Waals surface area contributed by atoms with Crippen LogP contribution < -0.4 is 5.73 Å². The van der Waals surface area contributed by atoms with Crippen LogP contribution in [0.25, 0.3) is 0 Å². The summed E-state index contributed by atoms with van der Waals surface area (Å²) in [7, 11) is 3.74. The Kier molecular flexibility index (Phi) is 4.29. The molecule has 27 heavy (non-hydrogen) atoms. The van der Waals surface area contributed by atoms with Crippen molar-refractivity contribution in [3.05, 3.63) is 70.8 Å². The number of aliphatic imine (C=N–C) groups is 1. The molecule has 2 aromatic rings. The molecule has 1 spiro atoms. The Morgan fingerprint density at radius 2 is 1.56 bits per heavy atom. The highest BCUT2D eigenvalue weighted by atomic mass is 16.1. The number of guanidine groups is 1. The van der Waals surface area contributed by atoms with Crippen LogP contribution in [0, 0.1) is 5.41 Å². The van der Waals surface area contributed by atoms with Crippen LogP contribution in [-0.4, -0.2) is 31.2 Å². The fourth-order valence-electron chi connectivity index (χ4n) is 4.98. The number of aldehydes is 1. The Hall–Kier alpha value is -2.62. The van der Waals surface area contributed by atoms with E-state index in [0.717, 1.165) is 44.0 Å². The third-order valence-corrected chi connectivity index (χ3v) is 6.55. The molecule has 2 N–H and O–H groups in total. The third-order valence-electron chi connectivity index (χ3n) is 6.55. The van der Waals surface area contributed by atoms with Gasteiger partial charge in [0.25, 0.3) is 0 Å². The molecule has 2 aromatic carbocycles. The second kappa shape index (κ2) is 6.52. The minimum atomic E-state index is -0.917. The van der Waals surface area contributed by atoms with Crippen LogP contribution >= 0.6 is 0 Å². The lowest BCUT2D eigenvalue weighted by Crippen LogP contribution is -2.46. The smallest absolute Gasteiger partial charge is 0.192 e. The second-order valence-corrected chi connectivity index (χ2v) is 8.13. The van der Waals surface area contributed by atoms with Crippen LogP contribution in [0.15, 0.2) is 53.5 Å². The van der Waals surface area contributed by atoms with Crippen LogP contribution in [0.3, 0.4) is 0 Å². The van der Waals surface area contributed by atoms with E-state index in [1.54, 1.807) is 4.90 Å². The molecular weight excluding hydrogens is 334 g/mol. The van der Waals surface area contributed by atoms with Crippen LogP contribution in [0.4, 0.5) is 0 Å². The molecule has 0 bridgehead atoms. The highest BCUT2D eigenvalue weighted by molar-refractivity contribution is 5.83. The summed E-state index contributed by atoms with van der Waals surface area (Å²) in [6, 6.07) is 16.9. The SMILES string of the molecule is CN(C)C(N)=N[C@]1(C=O)c2ccccc2CC12CCc1ccccc1CC2. The number of carbonyl (C=O) groups excluding carboxylic acids is 1. The van der Waals surface area contributed by atoms with Crippen LogP contribution in [0.1, 0.15) is 35.1 Å². The molecular formula is C23H27N3O. The number of fused-ring (bicyclic) bond motifs is 2. The van der Waals surface area contributed by atoms with Crippen LogP contribution in [0.2, 0.25) is 0 Å². The quantitative estimate of drug-likeness (QED) is 0.508. The Balaban J connectivity index is 1.87. The molecule has 2 aliphatic rings. The van der Waals surface area contributed by atoms with E-state index in [9.17, 15) is 4.79 Å². The van der Waals surface area contributed by atoms with Crippen molar-refractivity contribution in [3.8, 4) is 0 Å². The minimum Gasteiger partial charge on any atom is -0.370 e. The number of benzene rings is 2. The highest BCUT2D eigenvalue weighted by Gasteiger charge is 2.58. The molecule has 140 valence electrons. The normalized spacial score (nSPS) is 23.4. The predicted molar refractivity (Wildman–Crippen MR) is 109 cm³/mol. The number of aryl methyl sites for hydroxylation is 2. The average Bonchev–Trinajstić information content (AvgIpc) is 2.80. The average molecular weight is 361 g/mol. The molecule has 1 atom stereocenters. The maximum absolute atomic E-state index is 12.7. The zero-order chi connectivity index (χ0) is 19.1. The topological polar surface area (TPSA) is 58.7 Å². The van der Waals surface area contributed by atoms with Crippen molar-refractivity contribution < 1.29 is 4.79 Å². The maximum Gasteiger partial charge on any atom is 0.192 e. The monoisotopic (exact) mass is 361 g/mol. The summed E-state index contributed by atoms with van der Waals surface area (Å²) in [6.07, 6.45) is 5.74. The van der Waals surface area contributed by atoms with E-state index in [1.165, 1.54) is 16.7 Å². The van der Waals surface area contributed by atoms with E-state index in [0.29, 0.717) is 5.96 Å². The molecule has 4 heteroatoms. The van der Waals surface area contributed by atoms with Gasteiger partial charge in [0.2, 0.25) is 0 Å². The number of hydrogen-bond acceptors (Lipinski definition) is 2. The van der Waals surface area contributed by atoms with E-state index in [4.69, 9.17) is 10.7 Å². The first-order valence-corrected chi connectivity index (χ1v) is 9.65. The molecule has 0 heterocycles. The van der Waals surface area contributed by atoms with Crippen molar-refractivity contribution >= 4 is 12.2 Å². The van der Waals surface area contributed by atoms with Crippen molar-refractivity contribution in [3.63, 3.8) is 0 Å². The van der Waals surface area contributed by atoms with Crippen LogP contribution in [-0.2, 0) is 29.6 Å². The van der Waals surface area contributed by atoms with Crippen molar-refractivity contribution in [1.29, 1.82) is 0 Å². The minimum absolute atomic E-state index is 0.238. The van der Waals surface area contributed by atoms with Gasteiger partial charge in [-0.15, -0.1) is 0 Å². The van der Waals surface area contributed by atoms with Gasteiger partial charge < -0.3 is 15.4 Å². The third kappa shape index (κ3) is 2.66. The summed E-state index contributed by atoms with van der Waals surface area (Å²) >= 11 is 0. The number of carbonyl (C=O) groups is 1. The lowest BCUT2D eigenvalue weighted by Gasteiger charge is -2.40. The number of nitrogens with zero attached hydrogens (tertiary/aromatic N) is 2. The van der Waals surface area contributed by atoms with Gasteiger partial charge in [-0.3, -0.25) is 0 Å². The molecule has 0 unspecified atom stereocenters. The van der Waals surface area contributed by atoms with Gasteiger partial charge in [0, 0.05) is 19.5 Å². The zero-order valence-corrected chi connectivity index (χ0v) is 16.1. The second-order valence-electron chi connectivity index (χ2n) is 8.13. The summed E-state index contributed by atoms with van der Waals surface area (Å²) < 4.78 is 0. The summed E-state index contributed by atoms with van der Waals surface area (Å²) in [5.41, 5.74) is 10.1. The van der Waals surface area contributed by atoms with Gasteiger partial charge >= 0.3 is 0 Å². The molecule has 0 fully saturated rings. The van der Waals surface area contributed by atoms with Crippen molar-refractivity contribution in [2.45, 2.75) is 37.6 Å². The van der Waals surface area contributed by atoms with Gasteiger partial charge in [0.1, 0.15) is 0 Å². The molecule has 0 saturated carbocycles. The van der Waals surface area contributed by atoms with E-state index in [1.807, 2.05) is 20.2 Å². The number of nitrogens with two attached hydrogens (primary N) is 1. The summed E-state index contributed by atoms with van der Waals surface area (Å²) in [5.74, 6) is 0.403. The van der Waals surface area contributed by atoms with Gasteiger partial charge in [-0.25, -0.2) is 4.99 Å². The first-order valence-electron chi connectivity index (χ1n) is 9.65. The number of rotatable bonds is 2. The molecule has 0 amide bonds. The predicted octanol–water partition coefficient (Wildman–Crippen LogP) is 3.08. The van der Waals surface area contributed by atoms with Gasteiger partial charge in [0.15, 0.2) is 17.8 Å². The highest BCUT2D eigenvalue weighted by Crippen LogP contribution is 2.57. The van der Waals surface area contributed by atoms with Crippen molar-refractivity contribution in [2.75, 3.05) is 14.1 Å². The summed E-state index contributed by atoms with van der Waals surface area (Å²) in [5, 5.41) is 0. The Labute approximate surface area is 161 Å². The van der Waals surface area contributed by atoms with E-state index < -0.39 is 5.54 Å². The first kappa shape index (κ1) is 17.8. The standard InChI is InChI=1S/C23H27N3O/c1-26(2)21(24)25-23(16-27)20-10-6-5-9-19(20)15-22(23)13-11-17-7-3-4-8-18(17)12-14-22/h3-10,16H,11-15H2,1-2H3,(H2,24,25)/t23-/m1/s1. The number of hydrogen-bond donors (Lipinski definition) is 1. The summed E-state index contributed by atoms with van der Waals surface area (Å²) in [4.78, 5) is 19.4. The van der Waals surface area contributed by atoms with Crippen molar-refractivity contribution in [1.82, 2.24) is 4.90 Å². The van der Waals surface area contributed by atoms with Gasteiger partial charge in [0.05, 0.1) is 0 Å². The molecule has 4 nitrogen and oxygen atoms in total. The molecule has 0 radical (unpaired) electrons. The summed E-state index contributed by atoms with van der Waals surface area (Å²) in [6.45, 7) is 0. The molecule has 0 saturated heterocycles. The Bertz CT molecular complexity index is 875. The fraction of sp³-hybridized carbons (Fsp3) is 0.391. The molecule has 0 aromatic heterocycles. The molecule has 4 rings (SSSR count). The lowest BCUT2D eigenvalue weighted by atomic mass is 9.66. The lowest BCUT2D eigenvalue weighted by molar-refractivity contribution is -0.117. The van der Waals surface area contributed by atoms with Crippen molar-refractivity contribution in [2.24, 2.45) is 16.1 Å². The fourth-order valence-corrected chi connectivity index (χ4v) is 4.98. The van der Waals surface area contributed by atoms with Crippen LogP contribution in [0.5, 0.6) is 0 Å². The van der Waals surface area contributed by atoms with Gasteiger partial charge in [-0.2, -0.15) is 0 Å². The molecule has 0 aliphatic heterocycles. The van der Waals surface area contributed by atoms with E-state index in [2.05, 4.69) is 42.5 Å². The Morgan fingerprint density at radius 3 is 2.11 bits per heavy atom. The zero-order valence-electron chi connectivity index (χ0n) is 16.1. The van der Waals surface area contributed by atoms with Gasteiger partial charge in [-0.05, 0) is 54.4 Å². The Morgan fingerprint density at radius 1 is 1.00 bits per heavy atom. The van der Waals surface area contributed by atoms with E-state index >= 15 is 0 Å².